The third-order valence-electron chi connectivity index (χ3n) is 3.50. The van der Waals surface area contributed by atoms with E-state index in [1.165, 1.54) is 7.11 Å². The molecule has 0 N–H and O–H groups in total. The van der Waals surface area contributed by atoms with Crippen molar-refractivity contribution in [2.24, 2.45) is 0 Å². The van der Waals surface area contributed by atoms with E-state index in [0.717, 1.165) is 9.13 Å². The third kappa shape index (κ3) is 2.91. The fraction of sp³-hybridized carbons (Fsp3) is 0.429. The number of carbonyl (C=O) groups excluding carboxylic acids is 2. The minimum absolute atomic E-state index is 0.0152. The van der Waals surface area contributed by atoms with Gasteiger partial charge in [-0.15, -0.1) is 0 Å². The number of ether oxygens (including phenoxy) is 1. The minimum Gasteiger partial charge on any atom is -0.467 e. The molecule has 102 valence electrons. The molecule has 1 aliphatic heterocycles. The van der Waals surface area contributed by atoms with Crippen LogP contribution in [-0.4, -0.2) is 29.9 Å². The molecule has 1 saturated heterocycles. The first-order chi connectivity index (χ1) is 9.04. The van der Waals surface area contributed by atoms with Crippen LogP contribution in [0, 0.1) is 3.57 Å². The van der Waals surface area contributed by atoms with Crippen LogP contribution < -0.4 is 0 Å². The Bertz CT molecular complexity index is 486. The van der Waals surface area contributed by atoms with Crippen LogP contribution in [-0.2, 0) is 14.3 Å². The molecule has 19 heavy (non-hydrogen) atoms. The number of methoxy groups -OCH3 is 1. The van der Waals surface area contributed by atoms with Crippen molar-refractivity contribution in [3.05, 3.63) is 33.4 Å². The number of benzene rings is 1. The molecule has 1 amide bonds. The van der Waals surface area contributed by atoms with Gasteiger partial charge in [0, 0.05) is 9.99 Å². The average Bonchev–Trinajstić information content (AvgIpc) is 2.80. The molecule has 0 aromatic heterocycles. The summed E-state index contributed by atoms with van der Waals surface area (Å²) in [7, 11) is 1.36. The summed E-state index contributed by atoms with van der Waals surface area (Å²) >= 11 is 2.24. The number of amides is 1. The highest BCUT2D eigenvalue weighted by Crippen LogP contribution is 2.30. The summed E-state index contributed by atoms with van der Waals surface area (Å²) in [5.41, 5.74) is 1.03. The van der Waals surface area contributed by atoms with Crippen molar-refractivity contribution in [2.75, 3.05) is 7.11 Å². The standard InChI is InChI=1S/C14H16INO3/c1-9(10-3-5-11(15)6-4-10)16-12(14(18)19-2)7-8-13(16)17/h3-6,9,12H,7-8H2,1-2H3. The van der Waals surface area contributed by atoms with Crippen LogP contribution in [0.4, 0.5) is 0 Å². The summed E-state index contributed by atoms with van der Waals surface area (Å²) in [5.74, 6) is -0.315. The minimum atomic E-state index is -0.452. The fourth-order valence-electron chi connectivity index (χ4n) is 2.46. The zero-order valence-electron chi connectivity index (χ0n) is 10.9. The van der Waals surface area contributed by atoms with Crippen LogP contribution in [0.1, 0.15) is 31.4 Å². The van der Waals surface area contributed by atoms with Crippen molar-refractivity contribution >= 4 is 34.5 Å². The van der Waals surface area contributed by atoms with E-state index in [1.807, 2.05) is 31.2 Å². The summed E-state index contributed by atoms with van der Waals surface area (Å²) in [6.45, 7) is 1.95. The Kier molecular flexibility index (Phi) is 4.44. The Balaban J connectivity index is 2.24. The van der Waals surface area contributed by atoms with Crippen molar-refractivity contribution in [3.8, 4) is 0 Å². The van der Waals surface area contributed by atoms with E-state index in [-0.39, 0.29) is 17.9 Å². The van der Waals surface area contributed by atoms with Crippen molar-refractivity contribution in [2.45, 2.75) is 31.8 Å². The molecule has 0 saturated carbocycles. The van der Waals surface area contributed by atoms with Gasteiger partial charge in [0.15, 0.2) is 0 Å². The molecule has 2 rings (SSSR count). The average molecular weight is 373 g/mol. The van der Waals surface area contributed by atoms with Crippen molar-refractivity contribution in [1.82, 2.24) is 4.90 Å². The fourth-order valence-corrected chi connectivity index (χ4v) is 2.82. The first-order valence-corrected chi connectivity index (χ1v) is 7.27. The molecular formula is C14H16INO3. The lowest BCUT2D eigenvalue weighted by Gasteiger charge is -2.29. The normalized spacial score (nSPS) is 20.5. The molecule has 1 heterocycles. The van der Waals surface area contributed by atoms with E-state index in [2.05, 4.69) is 22.6 Å². The molecule has 2 unspecified atom stereocenters. The van der Waals surface area contributed by atoms with E-state index in [1.54, 1.807) is 4.90 Å². The first-order valence-electron chi connectivity index (χ1n) is 6.19. The van der Waals surface area contributed by atoms with Crippen molar-refractivity contribution < 1.29 is 14.3 Å². The highest BCUT2D eigenvalue weighted by atomic mass is 127. The topological polar surface area (TPSA) is 46.6 Å². The Labute approximate surface area is 126 Å². The van der Waals surface area contributed by atoms with Gasteiger partial charge in [0.2, 0.25) is 5.91 Å². The third-order valence-corrected chi connectivity index (χ3v) is 4.22. The van der Waals surface area contributed by atoms with Gasteiger partial charge in [-0.25, -0.2) is 4.79 Å². The van der Waals surface area contributed by atoms with Gasteiger partial charge >= 0.3 is 5.97 Å². The van der Waals surface area contributed by atoms with Crippen LogP contribution >= 0.6 is 22.6 Å². The van der Waals surface area contributed by atoms with E-state index in [9.17, 15) is 9.59 Å². The number of likely N-dealkylation sites (tertiary alicyclic amines) is 1. The summed E-state index contributed by atoms with van der Waals surface area (Å²) < 4.78 is 5.93. The summed E-state index contributed by atoms with van der Waals surface area (Å²) in [6, 6.07) is 7.42. The molecule has 0 aliphatic carbocycles. The summed E-state index contributed by atoms with van der Waals surface area (Å²) in [6.07, 6.45) is 0.953. The Hall–Kier alpha value is -1.11. The quantitative estimate of drug-likeness (QED) is 0.604. The molecular weight excluding hydrogens is 357 g/mol. The van der Waals surface area contributed by atoms with Gasteiger partial charge in [-0.1, -0.05) is 12.1 Å². The second-order valence-corrected chi connectivity index (χ2v) is 5.85. The monoisotopic (exact) mass is 373 g/mol. The lowest BCUT2D eigenvalue weighted by Crippen LogP contribution is -2.40. The summed E-state index contributed by atoms with van der Waals surface area (Å²) in [5, 5.41) is 0. The largest absolute Gasteiger partial charge is 0.467 e. The van der Waals surface area contributed by atoms with Crippen LogP contribution in [0.2, 0.25) is 0 Å². The molecule has 0 radical (unpaired) electrons. The van der Waals surface area contributed by atoms with Crippen LogP contribution in [0.5, 0.6) is 0 Å². The highest BCUT2D eigenvalue weighted by Gasteiger charge is 2.39. The number of carbonyl (C=O) groups is 2. The predicted molar refractivity (Wildman–Crippen MR) is 79.5 cm³/mol. The molecule has 1 fully saturated rings. The van der Waals surface area contributed by atoms with Gasteiger partial charge in [-0.05, 0) is 53.6 Å². The van der Waals surface area contributed by atoms with Crippen molar-refractivity contribution in [3.63, 3.8) is 0 Å². The van der Waals surface area contributed by atoms with E-state index < -0.39 is 6.04 Å². The van der Waals surface area contributed by atoms with Crippen LogP contribution in [0.15, 0.2) is 24.3 Å². The second kappa shape index (κ2) is 5.90. The van der Waals surface area contributed by atoms with Crippen LogP contribution in [0.25, 0.3) is 0 Å². The first kappa shape index (κ1) is 14.3. The zero-order chi connectivity index (χ0) is 14.0. The van der Waals surface area contributed by atoms with Gasteiger partial charge in [0.05, 0.1) is 13.2 Å². The highest BCUT2D eigenvalue weighted by molar-refractivity contribution is 14.1. The zero-order valence-corrected chi connectivity index (χ0v) is 13.1. The van der Waals surface area contributed by atoms with Gasteiger partial charge in [-0.3, -0.25) is 4.79 Å². The van der Waals surface area contributed by atoms with Gasteiger partial charge < -0.3 is 9.64 Å². The Morgan fingerprint density at radius 1 is 1.42 bits per heavy atom. The van der Waals surface area contributed by atoms with Gasteiger partial charge in [0.1, 0.15) is 6.04 Å². The van der Waals surface area contributed by atoms with E-state index in [0.29, 0.717) is 12.8 Å². The van der Waals surface area contributed by atoms with Gasteiger partial charge in [0.25, 0.3) is 0 Å². The molecule has 0 spiro atoms. The molecule has 5 heteroatoms. The number of esters is 1. The van der Waals surface area contributed by atoms with Crippen LogP contribution in [0.3, 0.4) is 0 Å². The second-order valence-electron chi connectivity index (χ2n) is 4.61. The number of halogens is 1. The SMILES string of the molecule is COC(=O)C1CCC(=O)N1C(C)c1ccc(I)cc1. The number of rotatable bonds is 3. The van der Waals surface area contributed by atoms with Gasteiger partial charge in [-0.2, -0.15) is 0 Å². The predicted octanol–water partition coefficient (Wildman–Crippen LogP) is 2.52. The number of hydrogen-bond acceptors (Lipinski definition) is 3. The number of hydrogen-bond donors (Lipinski definition) is 0. The molecule has 0 bridgehead atoms. The molecule has 2 atom stereocenters. The Morgan fingerprint density at radius 3 is 2.63 bits per heavy atom. The molecule has 1 aromatic carbocycles. The molecule has 1 aromatic rings. The van der Waals surface area contributed by atoms with Crippen molar-refractivity contribution in [1.29, 1.82) is 0 Å². The maximum absolute atomic E-state index is 12.0. The van der Waals surface area contributed by atoms with E-state index in [4.69, 9.17) is 4.74 Å². The smallest absolute Gasteiger partial charge is 0.328 e. The lowest BCUT2D eigenvalue weighted by atomic mass is 10.1. The maximum atomic E-state index is 12.0. The number of nitrogens with zero attached hydrogens (tertiary/aromatic N) is 1. The Morgan fingerprint density at radius 2 is 2.05 bits per heavy atom. The maximum Gasteiger partial charge on any atom is 0.328 e. The van der Waals surface area contributed by atoms with E-state index >= 15 is 0 Å². The lowest BCUT2D eigenvalue weighted by molar-refractivity contribution is -0.150. The summed E-state index contributed by atoms with van der Waals surface area (Å²) in [4.78, 5) is 25.4. The molecule has 4 nitrogen and oxygen atoms in total. The molecule has 1 aliphatic rings.